The zero-order valence-corrected chi connectivity index (χ0v) is 19.5. The van der Waals surface area contributed by atoms with Gasteiger partial charge in [-0.15, -0.1) is 0 Å². The third-order valence-electron chi connectivity index (χ3n) is 6.14. The monoisotopic (exact) mass is 469 g/mol. The number of amidine groups is 2. The lowest BCUT2D eigenvalue weighted by atomic mass is 9.92. The number of nitrogens with two attached hydrogens (primary N) is 2. The van der Waals surface area contributed by atoms with Gasteiger partial charge in [-0.2, -0.15) is 0 Å². The number of nitrogens with zero attached hydrogens (tertiary/aromatic N) is 3. The first-order valence-corrected chi connectivity index (χ1v) is 11.7. The van der Waals surface area contributed by atoms with Crippen LogP contribution >= 0.6 is 0 Å². The molecule has 0 spiro atoms. The zero-order valence-electron chi connectivity index (χ0n) is 19.5. The maximum atomic E-state index is 8.71. The summed E-state index contributed by atoms with van der Waals surface area (Å²) in [6, 6.07) is 14.5. The lowest BCUT2D eigenvalue weighted by Crippen LogP contribution is -2.35. The third-order valence-corrected chi connectivity index (χ3v) is 6.14. The standard InChI is InChI=1S/C25H35N5O4/c26-24(28-31)20-4-8-22(9-5-20)33-17-1-3-19-12-15-30(16-13-19)14-2-18-34-23-10-6-21(7-11-23)25(27)29-32/h4-11,19,31-32H,1-3,12-18H2,(H2,26,28)(H2,27,29). The Morgan fingerprint density at radius 2 is 1.26 bits per heavy atom. The van der Waals surface area contributed by atoms with Crippen LogP contribution in [0.15, 0.2) is 58.8 Å². The van der Waals surface area contributed by atoms with Gasteiger partial charge in [0.05, 0.1) is 13.2 Å². The normalized spacial score (nSPS) is 15.9. The molecule has 2 aromatic rings. The molecule has 2 aromatic carbocycles. The average molecular weight is 470 g/mol. The quantitative estimate of drug-likeness (QED) is 0.123. The van der Waals surface area contributed by atoms with Crippen molar-refractivity contribution in [3.63, 3.8) is 0 Å². The Hall–Kier alpha value is -3.46. The van der Waals surface area contributed by atoms with Crippen molar-refractivity contribution in [3.8, 4) is 11.5 Å². The van der Waals surface area contributed by atoms with E-state index >= 15 is 0 Å². The minimum absolute atomic E-state index is 0.0916. The summed E-state index contributed by atoms with van der Waals surface area (Å²) in [6.45, 7) is 4.67. The van der Waals surface area contributed by atoms with Gasteiger partial charge in [-0.05, 0) is 99.6 Å². The molecule has 9 heteroatoms. The van der Waals surface area contributed by atoms with Crippen molar-refractivity contribution in [3.05, 3.63) is 59.7 Å². The van der Waals surface area contributed by atoms with E-state index in [9.17, 15) is 0 Å². The van der Waals surface area contributed by atoms with Gasteiger partial charge in [0.1, 0.15) is 11.5 Å². The van der Waals surface area contributed by atoms with E-state index in [1.807, 2.05) is 24.3 Å². The molecule has 0 bridgehead atoms. The highest BCUT2D eigenvalue weighted by Crippen LogP contribution is 2.22. The first kappa shape index (κ1) is 25.2. The average Bonchev–Trinajstić information content (AvgIpc) is 2.89. The number of piperidine rings is 1. The van der Waals surface area contributed by atoms with Gasteiger partial charge in [0.25, 0.3) is 0 Å². The van der Waals surface area contributed by atoms with Crippen LogP contribution in [0.2, 0.25) is 0 Å². The zero-order chi connectivity index (χ0) is 24.2. The van der Waals surface area contributed by atoms with Crippen LogP contribution in [0.4, 0.5) is 0 Å². The second-order valence-electron chi connectivity index (χ2n) is 8.50. The fraction of sp³-hybridized carbons (Fsp3) is 0.440. The summed E-state index contributed by atoms with van der Waals surface area (Å²) in [4.78, 5) is 2.51. The number of benzene rings is 2. The highest BCUT2D eigenvalue weighted by atomic mass is 16.5. The molecule has 1 fully saturated rings. The van der Waals surface area contributed by atoms with Crippen LogP contribution in [0, 0.1) is 5.92 Å². The molecule has 34 heavy (non-hydrogen) atoms. The molecule has 1 aliphatic heterocycles. The Kier molecular flexibility index (Phi) is 9.84. The molecule has 1 heterocycles. The van der Waals surface area contributed by atoms with Gasteiger partial charge in [-0.3, -0.25) is 0 Å². The fourth-order valence-electron chi connectivity index (χ4n) is 4.10. The lowest BCUT2D eigenvalue weighted by molar-refractivity contribution is 0.161. The number of likely N-dealkylation sites (tertiary alicyclic amines) is 1. The van der Waals surface area contributed by atoms with E-state index in [0.717, 1.165) is 49.9 Å². The van der Waals surface area contributed by atoms with Crippen LogP contribution < -0.4 is 20.9 Å². The van der Waals surface area contributed by atoms with E-state index in [-0.39, 0.29) is 11.7 Å². The predicted octanol–water partition coefficient (Wildman–Crippen LogP) is 3.22. The van der Waals surface area contributed by atoms with Crippen molar-refractivity contribution in [2.45, 2.75) is 32.1 Å². The number of rotatable bonds is 12. The van der Waals surface area contributed by atoms with Crippen molar-refractivity contribution in [2.75, 3.05) is 32.8 Å². The molecule has 3 rings (SSSR count). The second-order valence-corrected chi connectivity index (χ2v) is 8.50. The highest BCUT2D eigenvalue weighted by Gasteiger charge is 2.18. The Labute approximate surface area is 200 Å². The molecule has 1 saturated heterocycles. The fourth-order valence-corrected chi connectivity index (χ4v) is 4.10. The van der Waals surface area contributed by atoms with Crippen LogP contribution in [0.25, 0.3) is 0 Å². The van der Waals surface area contributed by atoms with Gasteiger partial charge >= 0.3 is 0 Å². The van der Waals surface area contributed by atoms with E-state index in [1.165, 1.54) is 19.3 Å². The largest absolute Gasteiger partial charge is 0.494 e. The molecule has 6 N–H and O–H groups in total. The number of hydrogen-bond donors (Lipinski definition) is 4. The molecule has 184 valence electrons. The van der Waals surface area contributed by atoms with Crippen molar-refractivity contribution < 1.29 is 19.9 Å². The summed E-state index contributed by atoms with van der Waals surface area (Å²) in [7, 11) is 0. The highest BCUT2D eigenvalue weighted by molar-refractivity contribution is 5.97. The number of ether oxygens (including phenoxy) is 2. The number of hydrogen-bond acceptors (Lipinski definition) is 7. The Morgan fingerprint density at radius 1 is 0.794 bits per heavy atom. The summed E-state index contributed by atoms with van der Waals surface area (Å²) >= 11 is 0. The van der Waals surface area contributed by atoms with E-state index in [0.29, 0.717) is 24.3 Å². The smallest absolute Gasteiger partial charge is 0.170 e. The topological polar surface area (TPSA) is 139 Å². The summed E-state index contributed by atoms with van der Waals surface area (Å²) in [5, 5.41) is 23.4. The van der Waals surface area contributed by atoms with Gasteiger partial charge in [0.2, 0.25) is 0 Å². The second kappa shape index (κ2) is 13.3. The molecule has 0 saturated carbocycles. The van der Waals surface area contributed by atoms with Crippen molar-refractivity contribution >= 4 is 11.7 Å². The van der Waals surface area contributed by atoms with Crippen LogP contribution in [0.3, 0.4) is 0 Å². The van der Waals surface area contributed by atoms with Crippen molar-refractivity contribution in [2.24, 2.45) is 27.7 Å². The molecule has 0 amide bonds. The molecular weight excluding hydrogens is 434 g/mol. The van der Waals surface area contributed by atoms with Gasteiger partial charge in [0, 0.05) is 17.7 Å². The Bertz CT molecular complexity index is 846. The van der Waals surface area contributed by atoms with Crippen LogP contribution in [0.5, 0.6) is 11.5 Å². The molecule has 0 atom stereocenters. The first-order valence-electron chi connectivity index (χ1n) is 11.7. The van der Waals surface area contributed by atoms with Gasteiger partial charge < -0.3 is 36.3 Å². The van der Waals surface area contributed by atoms with Crippen molar-refractivity contribution in [1.29, 1.82) is 0 Å². The van der Waals surface area contributed by atoms with E-state index < -0.39 is 0 Å². The van der Waals surface area contributed by atoms with Crippen LogP contribution in [-0.4, -0.2) is 59.8 Å². The van der Waals surface area contributed by atoms with E-state index in [2.05, 4.69) is 15.2 Å². The van der Waals surface area contributed by atoms with Gasteiger partial charge in [0.15, 0.2) is 11.7 Å². The van der Waals surface area contributed by atoms with Crippen LogP contribution in [-0.2, 0) is 0 Å². The molecule has 0 unspecified atom stereocenters. The lowest BCUT2D eigenvalue weighted by Gasteiger charge is -2.32. The minimum Gasteiger partial charge on any atom is -0.494 e. The Balaban J connectivity index is 1.23. The third kappa shape index (κ3) is 7.84. The molecule has 0 radical (unpaired) electrons. The molecule has 9 nitrogen and oxygen atoms in total. The maximum absolute atomic E-state index is 8.71. The summed E-state index contributed by atoms with van der Waals surface area (Å²) in [5.74, 6) is 2.53. The summed E-state index contributed by atoms with van der Waals surface area (Å²) in [5.41, 5.74) is 12.5. The van der Waals surface area contributed by atoms with Gasteiger partial charge in [-0.1, -0.05) is 10.3 Å². The van der Waals surface area contributed by atoms with Crippen LogP contribution in [0.1, 0.15) is 43.2 Å². The molecule has 0 aromatic heterocycles. The maximum Gasteiger partial charge on any atom is 0.170 e. The predicted molar refractivity (Wildman–Crippen MR) is 132 cm³/mol. The Morgan fingerprint density at radius 3 is 1.74 bits per heavy atom. The van der Waals surface area contributed by atoms with E-state index in [4.69, 9.17) is 31.4 Å². The first-order chi connectivity index (χ1) is 16.6. The SMILES string of the molecule is N/C(=N\O)c1ccc(OCCCC2CCN(CCCOc3ccc(/C(N)=N\O)cc3)CC2)cc1. The summed E-state index contributed by atoms with van der Waals surface area (Å²) < 4.78 is 11.6. The van der Waals surface area contributed by atoms with Gasteiger partial charge in [-0.25, -0.2) is 0 Å². The minimum atomic E-state index is 0.0916. The summed E-state index contributed by atoms with van der Waals surface area (Å²) in [6.07, 6.45) is 5.65. The molecule has 0 aliphatic carbocycles. The number of oxime groups is 2. The van der Waals surface area contributed by atoms with Crippen molar-refractivity contribution in [1.82, 2.24) is 4.90 Å². The van der Waals surface area contributed by atoms with E-state index in [1.54, 1.807) is 24.3 Å². The molecular formula is C25H35N5O4. The molecule has 1 aliphatic rings.